The van der Waals surface area contributed by atoms with E-state index < -0.39 is 23.7 Å². The van der Waals surface area contributed by atoms with Crippen molar-refractivity contribution in [1.29, 1.82) is 0 Å². The van der Waals surface area contributed by atoms with Gasteiger partial charge in [-0.15, -0.1) is 0 Å². The summed E-state index contributed by atoms with van der Waals surface area (Å²) in [6, 6.07) is 2.72. The molecule has 0 fully saturated rings. The Morgan fingerprint density at radius 3 is 2.10 bits per heavy atom. The highest BCUT2D eigenvalue weighted by molar-refractivity contribution is 5.29. The summed E-state index contributed by atoms with van der Waals surface area (Å²) >= 11 is 0. The zero-order chi connectivity index (χ0) is 15.3. The number of hydrogen-bond donors (Lipinski definition) is 1. The molecule has 0 amide bonds. The van der Waals surface area contributed by atoms with Crippen molar-refractivity contribution in [2.45, 2.75) is 51.8 Å². The predicted molar refractivity (Wildman–Crippen MR) is 69.7 cm³/mol. The summed E-state index contributed by atoms with van der Waals surface area (Å²) in [5.41, 5.74) is -1.19. The number of alkyl halides is 3. The van der Waals surface area contributed by atoms with Crippen LogP contribution in [0.2, 0.25) is 0 Å². The molecule has 0 aliphatic heterocycles. The number of rotatable bonds is 6. The van der Waals surface area contributed by atoms with E-state index in [0.717, 1.165) is 37.8 Å². The predicted octanol–water partition coefficient (Wildman–Crippen LogP) is 5.09. The van der Waals surface area contributed by atoms with Crippen LogP contribution < -0.4 is 0 Å². The molecule has 5 heteroatoms. The molecule has 0 saturated carbocycles. The van der Waals surface area contributed by atoms with Crippen molar-refractivity contribution < 1.29 is 22.7 Å². The number of halogens is 4. The molecule has 0 saturated heterocycles. The minimum atomic E-state index is -4.75. The maximum Gasteiger partial charge on any atom is 0.419 e. The third-order valence-corrected chi connectivity index (χ3v) is 3.40. The fourth-order valence-corrected chi connectivity index (χ4v) is 2.42. The van der Waals surface area contributed by atoms with E-state index in [2.05, 4.69) is 0 Å². The molecule has 0 bridgehead atoms. The van der Waals surface area contributed by atoms with Crippen LogP contribution in [0, 0.1) is 11.7 Å². The first-order chi connectivity index (χ1) is 9.31. The van der Waals surface area contributed by atoms with Crippen molar-refractivity contribution in [3.8, 4) is 0 Å². The fourth-order valence-electron chi connectivity index (χ4n) is 2.42. The van der Waals surface area contributed by atoms with Crippen LogP contribution >= 0.6 is 0 Å². The van der Waals surface area contributed by atoms with Crippen molar-refractivity contribution >= 4 is 0 Å². The molecule has 1 nitrogen and oxygen atoms in total. The highest BCUT2D eigenvalue weighted by Gasteiger charge is 2.35. The Morgan fingerprint density at radius 1 is 1.10 bits per heavy atom. The van der Waals surface area contributed by atoms with Gasteiger partial charge in [0.1, 0.15) is 5.82 Å². The molecule has 0 aliphatic carbocycles. The summed E-state index contributed by atoms with van der Waals surface area (Å²) in [5, 5.41) is 10.2. The summed E-state index contributed by atoms with van der Waals surface area (Å²) in [4.78, 5) is 0. The number of aliphatic hydroxyl groups excluding tert-OH is 1. The molecule has 1 aromatic rings. The smallest absolute Gasteiger partial charge is 0.388 e. The summed E-state index contributed by atoms with van der Waals surface area (Å²) in [7, 11) is 0. The van der Waals surface area contributed by atoms with E-state index in [1.54, 1.807) is 0 Å². The van der Waals surface area contributed by atoms with E-state index in [1.807, 2.05) is 13.8 Å². The zero-order valence-corrected chi connectivity index (χ0v) is 11.7. The molecule has 1 atom stereocenters. The molecule has 0 aromatic heterocycles. The summed E-state index contributed by atoms with van der Waals surface area (Å²) in [6.45, 7) is 3.92. The van der Waals surface area contributed by atoms with Crippen molar-refractivity contribution in [3.05, 3.63) is 35.1 Å². The third-order valence-electron chi connectivity index (χ3n) is 3.40. The maximum absolute atomic E-state index is 13.2. The van der Waals surface area contributed by atoms with Gasteiger partial charge < -0.3 is 5.11 Å². The second kappa shape index (κ2) is 7.07. The van der Waals surface area contributed by atoms with Gasteiger partial charge in [0.05, 0.1) is 11.7 Å². The highest BCUT2D eigenvalue weighted by Crippen LogP contribution is 2.35. The number of benzene rings is 1. The maximum atomic E-state index is 13.2. The van der Waals surface area contributed by atoms with E-state index in [0.29, 0.717) is 0 Å². The van der Waals surface area contributed by atoms with Crippen molar-refractivity contribution in [3.63, 3.8) is 0 Å². The minimum absolute atomic E-state index is 0.100. The molecular weight excluding hydrogens is 272 g/mol. The third kappa shape index (κ3) is 4.20. The number of hydrogen-bond acceptors (Lipinski definition) is 1. The molecule has 1 aromatic carbocycles. The normalized spacial score (nSPS) is 13.8. The average molecular weight is 292 g/mol. The van der Waals surface area contributed by atoms with Crippen molar-refractivity contribution in [1.82, 2.24) is 0 Å². The van der Waals surface area contributed by atoms with Gasteiger partial charge in [0.25, 0.3) is 0 Å². The molecular formula is C15H20F4O. The van der Waals surface area contributed by atoms with Crippen LogP contribution in [0.5, 0.6) is 0 Å². The van der Waals surface area contributed by atoms with Gasteiger partial charge in [0.2, 0.25) is 0 Å². The minimum Gasteiger partial charge on any atom is -0.388 e. The Balaban J connectivity index is 3.06. The lowest BCUT2D eigenvalue weighted by Gasteiger charge is -2.23. The van der Waals surface area contributed by atoms with E-state index in [-0.39, 0.29) is 11.5 Å². The zero-order valence-electron chi connectivity index (χ0n) is 11.7. The average Bonchev–Trinajstić information content (AvgIpc) is 2.37. The van der Waals surface area contributed by atoms with E-state index >= 15 is 0 Å². The molecule has 0 spiro atoms. The first-order valence-corrected chi connectivity index (χ1v) is 6.85. The monoisotopic (exact) mass is 292 g/mol. The Kier molecular flexibility index (Phi) is 5.99. The van der Waals surface area contributed by atoms with Crippen LogP contribution in [0.3, 0.4) is 0 Å². The SMILES string of the molecule is CCCC(CCC)C(O)c1ccc(F)c(C(F)(F)F)c1. The molecule has 0 radical (unpaired) electrons. The molecule has 1 rings (SSSR count). The van der Waals surface area contributed by atoms with E-state index in [1.165, 1.54) is 6.07 Å². The van der Waals surface area contributed by atoms with Gasteiger partial charge in [-0.1, -0.05) is 32.8 Å². The standard InChI is InChI=1S/C15H20F4O/c1-3-5-10(6-4-2)14(20)11-7-8-13(16)12(9-11)15(17,18)19/h7-10,14,20H,3-6H2,1-2H3. The lowest BCUT2D eigenvalue weighted by atomic mass is 9.87. The van der Waals surface area contributed by atoms with E-state index in [4.69, 9.17) is 0 Å². The molecule has 1 unspecified atom stereocenters. The fraction of sp³-hybridized carbons (Fsp3) is 0.600. The van der Waals surface area contributed by atoms with E-state index in [9.17, 15) is 22.7 Å². The van der Waals surface area contributed by atoms with Gasteiger partial charge in [-0.3, -0.25) is 0 Å². The van der Waals surface area contributed by atoms with Gasteiger partial charge >= 0.3 is 6.18 Å². The summed E-state index contributed by atoms with van der Waals surface area (Å²) < 4.78 is 51.2. The Bertz CT molecular complexity index is 422. The summed E-state index contributed by atoms with van der Waals surface area (Å²) in [6.07, 6.45) is -2.59. The second-order valence-corrected chi connectivity index (χ2v) is 5.02. The van der Waals surface area contributed by atoms with Gasteiger partial charge in [0.15, 0.2) is 0 Å². The van der Waals surface area contributed by atoms with Gasteiger partial charge in [-0.05, 0) is 36.5 Å². The van der Waals surface area contributed by atoms with Crippen LogP contribution in [-0.4, -0.2) is 5.11 Å². The highest BCUT2D eigenvalue weighted by atomic mass is 19.4. The lowest BCUT2D eigenvalue weighted by molar-refractivity contribution is -0.140. The first-order valence-electron chi connectivity index (χ1n) is 6.85. The largest absolute Gasteiger partial charge is 0.419 e. The quantitative estimate of drug-likeness (QED) is 0.724. The molecule has 1 N–H and O–H groups in total. The number of aliphatic hydroxyl groups is 1. The van der Waals surface area contributed by atoms with Crippen LogP contribution in [0.15, 0.2) is 18.2 Å². The van der Waals surface area contributed by atoms with Gasteiger partial charge in [-0.25, -0.2) is 4.39 Å². The topological polar surface area (TPSA) is 20.2 Å². The van der Waals surface area contributed by atoms with Crippen molar-refractivity contribution in [2.75, 3.05) is 0 Å². The van der Waals surface area contributed by atoms with Crippen LogP contribution in [-0.2, 0) is 6.18 Å². The molecule has 0 aliphatic rings. The van der Waals surface area contributed by atoms with Crippen LogP contribution in [0.1, 0.15) is 56.8 Å². The molecule has 0 heterocycles. The first kappa shape index (κ1) is 17.0. The summed E-state index contributed by atoms with van der Waals surface area (Å²) in [5.74, 6) is -1.41. The molecule has 20 heavy (non-hydrogen) atoms. The van der Waals surface area contributed by atoms with Gasteiger partial charge in [-0.2, -0.15) is 13.2 Å². The Morgan fingerprint density at radius 2 is 1.65 bits per heavy atom. The van der Waals surface area contributed by atoms with Crippen LogP contribution in [0.25, 0.3) is 0 Å². The van der Waals surface area contributed by atoms with Crippen LogP contribution in [0.4, 0.5) is 17.6 Å². The second-order valence-electron chi connectivity index (χ2n) is 5.02. The Labute approximate surface area is 116 Å². The molecule has 114 valence electrons. The van der Waals surface area contributed by atoms with Crippen molar-refractivity contribution in [2.24, 2.45) is 5.92 Å². The Hall–Kier alpha value is -1.10. The van der Waals surface area contributed by atoms with Gasteiger partial charge in [0, 0.05) is 0 Å². The lowest BCUT2D eigenvalue weighted by Crippen LogP contribution is -2.15.